The van der Waals surface area contributed by atoms with E-state index in [0.717, 1.165) is 18.4 Å². The summed E-state index contributed by atoms with van der Waals surface area (Å²) >= 11 is 7.24. The highest BCUT2D eigenvalue weighted by molar-refractivity contribution is 7.98. The second-order valence-electron chi connectivity index (χ2n) is 2.98. The van der Waals surface area contributed by atoms with E-state index in [4.69, 9.17) is 17.3 Å². The third kappa shape index (κ3) is 2.87. The molecule has 78 valence electrons. The van der Waals surface area contributed by atoms with Crippen LogP contribution in [0.25, 0.3) is 0 Å². The van der Waals surface area contributed by atoms with Crippen molar-refractivity contribution in [2.24, 2.45) is 5.73 Å². The van der Waals surface area contributed by atoms with Crippen LogP contribution in [0.1, 0.15) is 12.0 Å². The summed E-state index contributed by atoms with van der Waals surface area (Å²) < 4.78 is 13.4. The molecule has 0 atom stereocenters. The second kappa shape index (κ2) is 5.59. The number of hydrogen-bond donors (Lipinski definition) is 1. The van der Waals surface area contributed by atoms with E-state index in [1.165, 1.54) is 17.8 Å². The van der Waals surface area contributed by atoms with Crippen LogP contribution < -0.4 is 5.73 Å². The van der Waals surface area contributed by atoms with Crippen LogP contribution in [-0.4, -0.2) is 12.8 Å². The Balaban J connectivity index is 2.90. The zero-order valence-electron chi connectivity index (χ0n) is 8.02. The number of thioether (sulfide) groups is 1. The Bertz CT molecular complexity index is 294. The molecule has 0 aromatic heterocycles. The molecule has 1 nitrogen and oxygen atoms in total. The Morgan fingerprint density at radius 3 is 2.71 bits per heavy atom. The zero-order chi connectivity index (χ0) is 10.6. The number of benzene rings is 1. The average Bonchev–Trinajstić information content (AvgIpc) is 2.14. The van der Waals surface area contributed by atoms with Gasteiger partial charge in [0.1, 0.15) is 5.82 Å². The van der Waals surface area contributed by atoms with Crippen molar-refractivity contribution in [3.8, 4) is 0 Å². The summed E-state index contributed by atoms with van der Waals surface area (Å²) in [7, 11) is 0. The normalized spacial score (nSPS) is 10.6. The highest BCUT2D eigenvalue weighted by Crippen LogP contribution is 2.29. The summed E-state index contributed by atoms with van der Waals surface area (Å²) in [6.07, 6.45) is 3.44. The molecule has 0 aliphatic rings. The first kappa shape index (κ1) is 11.8. The Kier molecular flexibility index (Phi) is 4.72. The Hall–Kier alpha value is -0.250. The van der Waals surface area contributed by atoms with Crippen molar-refractivity contribution < 1.29 is 4.39 Å². The topological polar surface area (TPSA) is 26.0 Å². The molecule has 0 aliphatic carbocycles. The minimum Gasteiger partial charge on any atom is -0.330 e. The summed E-state index contributed by atoms with van der Waals surface area (Å²) in [6.45, 7) is 0.615. The van der Waals surface area contributed by atoms with Crippen molar-refractivity contribution in [2.45, 2.75) is 17.7 Å². The first-order chi connectivity index (χ1) is 6.69. The van der Waals surface area contributed by atoms with Gasteiger partial charge in [-0.05, 0) is 43.3 Å². The minimum atomic E-state index is -0.239. The molecule has 1 aromatic rings. The van der Waals surface area contributed by atoms with Gasteiger partial charge >= 0.3 is 0 Å². The van der Waals surface area contributed by atoms with Gasteiger partial charge in [0.2, 0.25) is 0 Å². The van der Waals surface area contributed by atoms with Crippen molar-refractivity contribution in [3.05, 3.63) is 28.5 Å². The summed E-state index contributed by atoms with van der Waals surface area (Å²) in [6, 6.07) is 3.35. The molecule has 0 heterocycles. The highest BCUT2D eigenvalue weighted by atomic mass is 35.5. The molecule has 0 saturated carbocycles. The van der Waals surface area contributed by atoms with Crippen LogP contribution in [0.15, 0.2) is 17.0 Å². The van der Waals surface area contributed by atoms with Crippen molar-refractivity contribution in [3.63, 3.8) is 0 Å². The lowest BCUT2D eigenvalue weighted by molar-refractivity contribution is 0.599. The van der Waals surface area contributed by atoms with E-state index in [-0.39, 0.29) is 5.82 Å². The number of hydrogen-bond acceptors (Lipinski definition) is 2. The second-order valence-corrected chi connectivity index (χ2v) is 4.21. The van der Waals surface area contributed by atoms with Gasteiger partial charge in [-0.1, -0.05) is 11.6 Å². The number of nitrogens with two attached hydrogens (primary N) is 1. The lowest BCUT2D eigenvalue weighted by atomic mass is 10.1. The molecule has 0 bridgehead atoms. The summed E-state index contributed by atoms with van der Waals surface area (Å²) in [5, 5.41) is 0.490. The van der Waals surface area contributed by atoms with Gasteiger partial charge in [-0.3, -0.25) is 0 Å². The van der Waals surface area contributed by atoms with Gasteiger partial charge in [-0.15, -0.1) is 11.8 Å². The van der Waals surface area contributed by atoms with Crippen LogP contribution >= 0.6 is 23.4 Å². The van der Waals surface area contributed by atoms with Crippen LogP contribution in [0.4, 0.5) is 4.39 Å². The number of rotatable bonds is 4. The summed E-state index contributed by atoms with van der Waals surface area (Å²) in [5.41, 5.74) is 6.29. The molecule has 0 aliphatic heterocycles. The summed E-state index contributed by atoms with van der Waals surface area (Å²) in [4.78, 5) is 0.517. The molecule has 0 fully saturated rings. The van der Waals surface area contributed by atoms with Crippen molar-refractivity contribution in [2.75, 3.05) is 12.8 Å². The molecule has 4 heteroatoms. The standard InChI is InChI=1S/C10H13ClFNS/c1-14-10-8(11)5-7(3-2-4-13)6-9(10)12/h5-6H,2-4,13H2,1H3. The maximum atomic E-state index is 13.4. The molecule has 0 saturated heterocycles. The molecule has 0 amide bonds. The summed E-state index contributed by atoms with van der Waals surface area (Å²) in [5.74, 6) is -0.239. The van der Waals surface area contributed by atoms with E-state index in [1.54, 1.807) is 0 Å². The predicted molar refractivity (Wildman–Crippen MR) is 60.6 cm³/mol. The maximum absolute atomic E-state index is 13.4. The third-order valence-corrected chi connectivity index (χ3v) is 3.17. The van der Waals surface area contributed by atoms with E-state index < -0.39 is 0 Å². The molecule has 1 aromatic carbocycles. The van der Waals surface area contributed by atoms with Gasteiger partial charge in [-0.25, -0.2) is 4.39 Å². The quantitative estimate of drug-likeness (QED) is 0.809. The Morgan fingerprint density at radius 2 is 2.21 bits per heavy atom. The molecule has 2 N–H and O–H groups in total. The van der Waals surface area contributed by atoms with Gasteiger partial charge in [0.15, 0.2) is 0 Å². The zero-order valence-corrected chi connectivity index (χ0v) is 9.59. The lowest BCUT2D eigenvalue weighted by Crippen LogP contribution is -2.00. The van der Waals surface area contributed by atoms with Gasteiger partial charge in [0.25, 0.3) is 0 Å². The van der Waals surface area contributed by atoms with Crippen LogP contribution in [0.3, 0.4) is 0 Å². The number of halogens is 2. The molecular formula is C10H13ClFNS. The number of aryl methyl sites for hydroxylation is 1. The Labute approximate surface area is 92.8 Å². The van der Waals surface area contributed by atoms with Crippen molar-refractivity contribution >= 4 is 23.4 Å². The molecule has 0 unspecified atom stereocenters. The van der Waals surface area contributed by atoms with Gasteiger partial charge in [-0.2, -0.15) is 0 Å². The van der Waals surface area contributed by atoms with Gasteiger partial charge < -0.3 is 5.73 Å². The lowest BCUT2D eigenvalue weighted by Gasteiger charge is -2.06. The predicted octanol–water partition coefficient (Wildman–Crippen LogP) is 3.09. The van der Waals surface area contributed by atoms with Crippen LogP contribution in [0, 0.1) is 5.82 Å². The molecular weight excluding hydrogens is 221 g/mol. The SMILES string of the molecule is CSc1c(F)cc(CCCN)cc1Cl. The van der Waals surface area contributed by atoms with Crippen LogP contribution in [-0.2, 0) is 6.42 Å². The first-order valence-electron chi connectivity index (χ1n) is 4.41. The van der Waals surface area contributed by atoms with E-state index in [0.29, 0.717) is 16.5 Å². The average molecular weight is 234 g/mol. The van der Waals surface area contributed by atoms with E-state index >= 15 is 0 Å². The fourth-order valence-corrected chi connectivity index (χ4v) is 2.23. The van der Waals surface area contributed by atoms with Gasteiger partial charge in [0, 0.05) is 0 Å². The van der Waals surface area contributed by atoms with E-state index in [2.05, 4.69) is 0 Å². The fourth-order valence-electron chi connectivity index (χ4n) is 1.26. The monoisotopic (exact) mass is 233 g/mol. The third-order valence-electron chi connectivity index (χ3n) is 1.93. The minimum absolute atomic E-state index is 0.239. The first-order valence-corrected chi connectivity index (χ1v) is 6.01. The van der Waals surface area contributed by atoms with E-state index in [9.17, 15) is 4.39 Å². The smallest absolute Gasteiger partial charge is 0.138 e. The Morgan fingerprint density at radius 1 is 1.50 bits per heavy atom. The molecule has 14 heavy (non-hydrogen) atoms. The van der Waals surface area contributed by atoms with Gasteiger partial charge in [0.05, 0.1) is 9.92 Å². The van der Waals surface area contributed by atoms with Crippen LogP contribution in [0.2, 0.25) is 5.02 Å². The van der Waals surface area contributed by atoms with Crippen molar-refractivity contribution in [1.29, 1.82) is 0 Å². The van der Waals surface area contributed by atoms with E-state index in [1.807, 2.05) is 12.3 Å². The fraction of sp³-hybridized carbons (Fsp3) is 0.400. The molecule has 1 rings (SSSR count). The van der Waals surface area contributed by atoms with Crippen molar-refractivity contribution in [1.82, 2.24) is 0 Å². The molecule has 0 radical (unpaired) electrons. The maximum Gasteiger partial charge on any atom is 0.138 e. The van der Waals surface area contributed by atoms with Crippen LogP contribution in [0.5, 0.6) is 0 Å². The largest absolute Gasteiger partial charge is 0.330 e. The molecule has 0 spiro atoms. The highest BCUT2D eigenvalue weighted by Gasteiger charge is 2.08.